The van der Waals surface area contributed by atoms with Gasteiger partial charge in [0, 0.05) is 36.4 Å². The number of hydrogen-bond donors (Lipinski definition) is 2. The number of rotatable bonds is 6. The number of hydrogen-bond acceptors (Lipinski definition) is 5. The van der Waals surface area contributed by atoms with Crippen molar-refractivity contribution in [3.05, 3.63) is 24.3 Å². The van der Waals surface area contributed by atoms with Crippen LogP contribution in [0.3, 0.4) is 0 Å². The number of anilines is 2. The van der Waals surface area contributed by atoms with E-state index in [1.807, 2.05) is 24.3 Å². The Bertz CT molecular complexity index is 807. The number of benzene rings is 1. The van der Waals surface area contributed by atoms with Gasteiger partial charge in [0.15, 0.2) is 0 Å². The van der Waals surface area contributed by atoms with Crippen LogP contribution in [-0.2, 0) is 19.6 Å². The van der Waals surface area contributed by atoms with Crippen LogP contribution < -0.4 is 14.9 Å². The quantitative estimate of drug-likeness (QED) is 0.714. The molecule has 2 atom stereocenters. The zero-order valence-corrected chi connectivity index (χ0v) is 19.2. The van der Waals surface area contributed by atoms with E-state index in [9.17, 15) is 13.2 Å². The third-order valence-corrected chi connectivity index (χ3v) is 7.87. The number of amides is 1. The van der Waals surface area contributed by atoms with Gasteiger partial charge >= 0.3 is 0 Å². The highest BCUT2D eigenvalue weighted by Gasteiger charge is 2.29. The van der Waals surface area contributed by atoms with Crippen molar-refractivity contribution in [2.24, 2.45) is 5.92 Å². The van der Waals surface area contributed by atoms with Crippen molar-refractivity contribution in [1.82, 2.24) is 4.72 Å². The molecular formula is C22H35N3O4S. The molecule has 1 aromatic carbocycles. The number of carbonyl (C=O) groups excluding carboxylic acids is 1. The van der Waals surface area contributed by atoms with Crippen LogP contribution in [-0.4, -0.2) is 50.9 Å². The Balaban J connectivity index is 1.50. The second kappa shape index (κ2) is 9.66. The van der Waals surface area contributed by atoms with E-state index >= 15 is 0 Å². The largest absolute Gasteiger partial charge is 0.372 e. The average Bonchev–Trinajstić information content (AvgIpc) is 2.68. The SMILES string of the molecule is CC(C)S(=O)(=O)NC1CCC(C(=O)Nc2ccc(N3C[C@@H](C)O[C@H](C)C3)cc2)CC1. The zero-order valence-electron chi connectivity index (χ0n) is 18.4. The van der Waals surface area contributed by atoms with Gasteiger partial charge < -0.3 is 15.0 Å². The fourth-order valence-electron chi connectivity index (χ4n) is 4.23. The van der Waals surface area contributed by atoms with Gasteiger partial charge in [-0.15, -0.1) is 0 Å². The van der Waals surface area contributed by atoms with E-state index in [-0.39, 0.29) is 30.1 Å². The van der Waals surface area contributed by atoms with Crippen molar-refractivity contribution in [3.8, 4) is 0 Å². The molecule has 168 valence electrons. The molecule has 1 aromatic rings. The van der Waals surface area contributed by atoms with Gasteiger partial charge in [0.1, 0.15) is 0 Å². The molecule has 30 heavy (non-hydrogen) atoms. The first kappa shape index (κ1) is 23.0. The molecule has 0 radical (unpaired) electrons. The maximum absolute atomic E-state index is 12.7. The molecule has 8 heteroatoms. The van der Waals surface area contributed by atoms with Gasteiger partial charge in [-0.3, -0.25) is 4.79 Å². The monoisotopic (exact) mass is 437 g/mol. The van der Waals surface area contributed by atoms with Crippen molar-refractivity contribution in [2.75, 3.05) is 23.3 Å². The molecular weight excluding hydrogens is 402 g/mol. The van der Waals surface area contributed by atoms with Gasteiger partial charge in [0.2, 0.25) is 15.9 Å². The van der Waals surface area contributed by atoms with E-state index in [0.717, 1.165) is 24.5 Å². The summed E-state index contributed by atoms with van der Waals surface area (Å²) in [6, 6.07) is 7.90. The molecule has 0 spiro atoms. The fourth-order valence-corrected chi connectivity index (χ4v) is 5.20. The minimum Gasteiger partial charge on any atom is -0.372 e. The Labute approximate surface area is 180 Å². The van der Waals surface area contributed by atoms with Gasteiger partial charge in [0.05, 0.1) is 17.5 Å². The van der Waals surface area contributed by atoms with Crippen LogP contribution in [0.2, 0.25) is 0 Å². The molecule has 2 N–H and O–H groups in total. The molecule has 1 aliphatic heterocycles. The lowest BCUT2D eigenvalue weighted by Gasteiger charge is -2.36. The molecule has 2 aliphatic rings. The smallest absolute Gasteiger partial charge is 0.227 e. The van der Waals surface area contributed by atoms with Crippen LogP contribution >= 0.6 is 0 Å². The van der Waals surface area contributed by atoms with Crippen LogP contribution in [0, 0.1) is 5.92 Å². The molecule has 0 unspecified atom stereocenters. The first-order valence-corrected chi connectivity index (χ1v) is 12.5. The van der Waals surface area contributed by atoms with E-state index in [1.165, 1.54) is 0 Å². The van der Waals surface area contributed by atoms with Crippen molar-refractivity contribution in [1.29, 1.82) is 0 Å². The second-order valence-corrected chi connectivity index (χ2v) is 11.2. The Hall–Kier alpha value is -1.64. The summed E-state index contributed by atoms with van der Waals surface area (Å²) in [5.41, 5.74) is 1.92. The van der Waals surface area contributed by atoms with Gasteiger partial charge in [-0.1, -0.05) is 0 Å². The van der Waals surface area contributed by atoms with E-state index in [4.69, 9.17) is 4.74 Å². The van der Waals surface area contributed by atoms with Gasteiger partial charge in [0.25, 0.3) is 0 Å². The minimum absolute atomic E-state index is 0.0153. The molecule has 1 saturated heterocycles. The van der Waals surface area contributed by atoms with Gasteiger partial charge in [-0.2, -0.15) is 0 Å². The summed E-state index contributed by atoms with van der Waals surface area (Å²) >= 11 is 0. The van der Waals surface area contributed by atoms with E-state index in [1.54, 1.807) is 13.8 Å². The molecule has 1 heterocycles. The Kier molecular flexibility index (Phi) is 7.42. The molecule has 0 aromatic heterocycles. The highest BCUT2D eigenvalue weighted by molar-refractivity contribution is 7.90. The highest BCUT2D eigenvalue weighted by Crippen LogP contribution is 2.27. The third-order valence-electron chi connectivity index (χ3n) is 5.97. The summed E-state index contributed by atoms with van der Waals surface area (Å²) in [6.45, 7) is 9.24. The zero-order chi connectivity index (χ0) is 21.9. The number of ether oxygens (including phenoxy) is 1. The van der Waals surface area contributed by atoms with Crippen LogP contribution in [0.1, 0.15) is 53.4 Å². The fraction of sp³-hybridized carbons (Fsp3) is 0.682. The van der Waals surface area contributed by atoms with Gasteiger partial charge in [-0.25, -0.2) is 13.1 Å². The summed E-state index contributed by atoms with van der Waals surface area (Å²) in [7, 11) is -3.27. The summed E-state index contributed by atoms with van der Waals surface area (Å²) < 4.78 is 32.6. The van der Waals surface area contributed by atoms with Crippen LogP contribution in [0.4, 0.5) is 11.4 Å². The average molecular weight is 438 g/mol. The first-order valence-electron chi connectivity index (χ1n) is 11.0. The normalized spacial score (nSPS) is 27.8. The number of sulfonamides is 1. The predicted octanol–water partition coefficient (Wildman–Crippen LogP) is 3.13. The number of nitrogens with one attached hydrogen (secondary N) is 2. The van der Waals surface area contributed by atoms with E-state index in [0.29, 0.717) is 25.7 Å². The summed E-state index contributed by atoms with van der Waals surface area (Å²) in [5.74, 6) is -0.0630. The Morgan fingerprint density at radius 3 is 2.13 bits per heavy atom. The Morgan fingerprint density at radius 1 is 1.03 bits per heavy atom. The summed E-state index contributed by atoms with van der Waals surface area (Å²) in [6.07, 6.45) is 3.17. The number of nitrogens with zero attached hydrogens (tertiary/aromatic N) is 1. The van der Waals surface area contributed by atoms with Crippen molar-refractivity contribution in [3.63, 3.8) is 0 Å². The molecule has 0 bridgehead atoms. The number of carbonyl (C=O) groups is 1. The summed E-state index contributed by atoms with van der Waals surface area (Å²) in [5, 5.41) is 2.58. The Morgan fingerprint density at radius 2 is 1.60 bits per heavy atom. The predicted molar refractivity (Wildman–Crippen MR) is 120 cm³/mol. The highest BCUT2D eigenvalue weighted by atomic mass is 32.2. The van der Waals surface area contributed by atoms with Crippen molar-refractivity contribution in [2.45, 2.75) is 76.9 Å². The topological polar surface area (TPSA) is 87.7 Å². The standard InChI is InChI=1S/C22H35N3O4S/c1-15(2)30(27,28)24-20-7-5-18(6-8-20)22(26)23-19-9-11-21(12-10-19)25-13-16(3)29-17(4)14-25/h9-12,15-18,20,24H,5-8,13-14H2,1-4H3,(H,23,26)/t16-,17-,18?,20?/m1/s1. The molecule has 1 aliphatic carbocycles. The molecule has 2 fully saturated rings. The number of morpholine rings is 1. The van der Waals surface area contributed by atoms with E-state index < -0.39 is 15.3 Å². The summed E-state index contributed by atoms with van der Waals surface area (Å²) in [4.78, 5) is 15.0. The van der Waals surface area contributed by atoms with Crippen LogP contribution in [0.25, 0.3) is 0 Å². The van der Waals surface area contributed by atoms with Crippen molar-refractivity contribution >= 4 is 27.3 Å². The molecule has 1 amide bonds. The van der Waals surface area contributed by atoms with E-state index in [2.05, 4.69) is 28.8 Å². The third kappa shape index (κ3) is 5.95. The lowest BCUT2D eigenvalue weighted by molar-refractivity contribution is -0.120. The molecule has 7 nitrogen and oxygen atoms in total. The lowest BCUT2D eigenvalue weighted by Crippen LogP contribution is -2.45. The lowest BCUT2D eigenvalue weighted by atomic mass is 9.86. The van der Waals surface area contributed by atoms with Crippen molar-refractivity contribution < 1.29 is 17.9 Å². The molecule has 1 saturated carbocycles. The maximum Gasteiger partial charge on any atom is 0.227 e. The minimum atomic E-state index is -3.27. The first-order chi connectivity index (χ1) is 14.1. The van der Waals surface area contributed by atoms with Gasteiger partial charge in [-0.05, 0) is 77.6 Å². The maximum atomic E-state index is 12.7. The van der Waals surface area contributed by atoms with Crippen LogP contribution in [0.15, 0.2) is 24.3 Å². The van der Waals surface area contributed by atoms with Crippen LogP contribution in [0.5, 0.6) is 0 Å². The second-order valence-electron chi connectivity index (χ2n) is 8.96. The molecule has 3 rings (SSSR count).